The van der Waals surface area contributed by atoms with Crippen LogP contribution in [0.15, 0.2) is 42.5 Å². The summed E-state index contributed by atoms with van der Waals surface area (Å²) in [7, 11) is 0. The number of nitrogens with zero attached hydrogens (tertiary/aromatic N) is 2. The second-order valence-corrected chi connectivity index (χ2v) is 10.6. The lowest BCUT2D eigenvalue weighted by atomic mass is 9.88. The number of aromatic amines is 1. The minimum absolute atomic E-state index is 0.583. The number of H-pyrrole nitrogens is 1. The van der Waals surface area contributed by atoms with Crippen molar-refractivity contribution in [2.75, 3.05) is 19.6 Å². The maximum Gasteiger partial charge on any atom is 0.0718 e. The number of aliphatic hydroxyl groups is 1. The number of pyridine rings is 1. The van der Waals surface area contributed by atoms with Crippen LogP contribution >= 0.6 is 0 Å². The Bertz CT molecular complexity index is 1300. The first-order valence-corrected chi connectivity index (χ1v) is 12.1. The lowest BCUT2D eigenvalue weighted by Crippen LogP contribution is -2.42. The molecule has 2 aromatic carbocycles. The second-order valence-electron chi connectivity index (χ2n) is 10.6. The molecule has 172 valence electrons. The molecule has 0 spiro atoms. The van der Waals surface area contributed by atoms with Gasteiger partial charge in [0, 0.05) is 39.7 Å². The van der Waals surface area contributed by atoms with Crippen molar-refractivity contribution in [1.82, 2.24) is 14.9 Å². The predicted molar refractivity (Wildman–Crippen MR) is 138 cm³/mol. The van der Waals surface area contributed by atoms with E-state index < -0.39 is 5.60 Å². The van der Waals surface area contributed by atoms with Crippen LogP contribution < -0.4 is 0 Å². The summed E-state index contributed by atoms with van der Waals surface area (Å²) < 4.78 is 0. The number of piperidine rings is 1. The molecule has 0 amide bonds. The summed E-state index contributed by atoms with van der Waals surface area (Å²) in [5, 5.41) is 12.8. The summed E-state index contributed by atoms with van der Waals surface area (Å²) in [6, 6.07) is 15.9. The number of fused-ring (bicyclic) bond motifs is 3. The Balaban J connectivity index is 1.47. The van der Waals surface area contributed by atoms with E-state index in [1.54, 1.807) is 0 Å². The van der Waals surface area contributed by atoms with Gasteiger partial charge in [-0.25, -0.2) is 0 Å². The molecule has 2 N–H and O–H groups in total. The zero-order valence-corrected chi connectivity index (χ0v) is 20.5. The largest absolute Gasteiger partial charge is 0.389 e. The summed E-state index contributed by atoms with van der Waals surface area (Å²) in [6.07, 6.45) is 2.29. The quantitative estimate of drug-likeness (QED) is 0.393. The molecular weight excluding hydrogens is 406 g/mol. The monoisotopic (exact) mass is 441 g/mol. The third-order valence-electron chi connectivity index (χ3n) is 7.00. The molecular formula is C29H35N3O. The van der Waals surface area contributed by atoms with E-state index in [2.05, 4.69) is 78.1 Å². The number of rotatable bonds is 4. The molecule has 1 fully saturated rings. The number of aryl methyl sites for hydroxylation is 3. The maximum absolute atomic E-state index is 10.1. The highest BCUT2D eigenvalue weighted by atomic mass is 16.3. The fraction of sp³-hybridized carbons (Fsp3) is 0.414. The van der Waals surface area contributed by atoms with E-state index >= 15 is 0 Å². The van der Waals surface area contributed by atoms with E-state index in [4.69, 9.17) is 0 Å². The van der Waals surface area contributed by atoms with E-state index in [1.165, 1.54) is 44.1 Å². The van der Waals surface area contributed by atoms with Crippen LogP contribution in [0, 0.1) is 20.8 Å². The average Bonchev–Trinajstić information content (AvgIpc) is 3.10. The van der Waals surface area contributed by atoms with Crippen molar-refractivity contribution in [3.05, 3.63) is 65.0 Å². The molecule has 4 heteroatoms. The maximum atomic E-state index is 10.1. The molecule has 4 nitrogen and oxygen atoms in total. The highest BCUT2D eigenvalue weighted by molar-refractivity contribution is 6.10. The Morgan fingerprint density at radius 1 is 0.939 bits per heavy atom. The fourth-order valence-corrected chi connectivity index (χ4v) is 5.66. The van der Waals surface area contributed by atoms with Gasteiger partial charge in [0.15, 0.2) is 0 Å². The molecule has 1 aliphatic heterocycles. The topological polar surface area (TPSA) is 52.2 Å². The number of nitrogens with one attached hydrogen (secondary N) is 1. The Morgan fingerprint density at radius 3 is 2.27 bits per heavy atom. The van der Waals surface area contributed by atoms with Crippen molar-refractivity contribution in [3.8, 4) is 11.1 Å². The van der Waals surface area contributed by atoms with Gasteiger partial charge >= 0.3 is 0 Å². The Morgan fingerprint density at radius 2 is 1.61 bits per heavy atom. The smallest absolute Gasteiger partial charge is 0.0718 e. The van der Waals surface area contributed by atoms with E-state index in [0.29, 0.717) is 5.92 Å². The highest BCUT2D eigenvalue weighted by Crippen LogP contribution is 2.36. The van der Waals surface area contributed by atoms with Gasteiger partial charge in [-0.05, 0) is 119 Å². The van der Waals surface area contributed by atoms with Crippen molar-refractivity contribution in [3.63, 3.8) is 0 Å². The van der Waals surface area contributed by atoms with Crippen molar-refractivity contribution in [2.45, 2.75) is 59.0 Å². The SMILES string of the molecule is Cc1cc(-c2cc(C)c3c(c2)[nH]c2ccc(C4CCN(CC(C)(C)O)CC4)cc23)cc(C)n1. The van der Waals surface area contributed by atoms with Crippen molar-refractivity contribution in [1.29, 1.82) is 0 Å². The normalized spacial score (nSPS) is 16.2. The first-order chi connectivity index (χ1) is 15.7. The van der Waals surface area contributed by atoms with E-state index in [-0.39, 0.29) is 0 Å². The molecule has 3 heterocycles. The van der Waals surface area contributed by atoms with Crippen LogP contribution in [0.1, 0.15) is 55.1 Å². The minimum Gasteiger partial charge on any atom is -0.389 e. The molecule has 33 heavy (non-hydrogen) atoms. The van der Waals surface area contributed by atoms with Gasteiger partial charge in [-0.3, -0.25) is 4.98 Å². The molecule has 0 bridgehead atoms. The molecule has 4 aromatic rings. The molecule has 0 radical (unpaired) electrons. The molecule has 2 aromatic heterocycles. The van der Waals surface area contributed by atoms with Crippen LogP contribution in [0.25, 0.3) is 32.9 Å². The van der Waals surface area contributed by atoms with Gasteiger partial charge in [-0.15, -0.1) is 0 Å². The Kier molecular flexibility index (Phi) is 5.54. The zero-order chi connectivity index (χ0) is 23.3. The summed E-state index contributed by atoms with van der Waals surface area (Å²) >= 11 is 0. The predicted octanol–water partition coefficient (Wildman–Crippen LogP) is 6.26. The van der Waals surface area contributed by atoms with E-state index in [1.807, 2.05) is 13.8 Å². The summed E-state index contributed by atoms with van der Waals surface area (Å²) in [5.41, 5.74) is 9.09. The van der Waals surface area contributed by atoms with E-state index in [9.17, 15) is 5.11 Å². The van der Waals surface area contributed by atoms with Crippen LogP contribution in [0.4, 0.5) is 0 Å². The molecule has 1 aliphatic rings. The summed E-state index contributed by atoms with van der Waals surface area (Å²) in [5.74, 6) is 0.583. The lowest BCUT2D eigenvalue weighted by molar-refractivity contribution is 0.0282. The van der Waals surface area contributed by atoms with E-state index in [0.717, 1.165) is 43.9 Å². The number of aromatic nitrogens is 2. The number of likely N-dealkylation sites (tertiary alicyclic amines) is 1. The first-order valence-electron chi connectivity index (χ1n) is 12.1. The van der Waals surface area contributed by atoms with Crippen molar-refractivity contribution < 1.29 is 5.11 Å². The van der Waals surface area contributed by atoms with Gasteiger partial charge in [0.05, 0.1) is 5.60 Å². The fourth-order valence-electron chi connectivity index (χ4n) is 5.66. The summed E-state index contributed by atoms with van der Waals surface area (Å²) in [4.78, 5) is 10.6. The standard InChI is InChI=1S/C29H35N3O/c1-18-12-23(24-13-19(2)30-20(3)14-24)16-27-28(18)25-15-22(6-7-26(25)31-27)21-8-10-32(11-9-21)17-29(4,5)33/h6-7,12-16,21,31,33H,8-11,17H2,1-5H3. The molecule has 1 saturated heterocycles. The third kappa shape index (κ3) is 4.55. The van der Waals surface area contributed by atoms with Crippen molar-refractivity contribution in [2.24, 2.45) is 0 Å². The van der Waals surface area contributed by atoms with Gasteiger partial charge in [0.2, 0.25) is 0 Å². The van der Waals surface area contributed by atoms with Gasteiger partial charge in [-0.1, -0.05) is 12.1 Å². The number of hydrogen-bond donors (Lipinski definition) is 2. The molecule has 5 rings (SSSR count). The lowest BCUT2D eigenvalue weighted by Gasteiger charge is -2.35. The number of β-amino-alcohol motifs (C(OH)–C–C–N with tert-alkyl or cyclic N) is 1. The van der Waals surface area contributed by atoms with Crippen LogP contribution in [-0.2, 0) is 0 Å². The van der Waals surface area contributed by atoms with Crippen LogP contribution in [0.5, 0.6) is 0 Å². The van der Waals surface area contributed by atoms with Crippen LogP contribution in [0.3, 0.4) is 0 Å². The van der Waals surface area contributed by atoms with Crippen molar-refractivity contribution >= 4 is 21.8 Å². The minimum atomic E-state index is -0.625. The molecule has 0 saturated carbocycles. The molecule has 0 atom stereocenters. The molecule has 0 unspecified atom stereocenters. The average molecular weight is 442 g/mol. The van der Waals surface area contributed by atoms with Crippen LogP contribution in [0.2, 0.25) is 0 Å². The number of benzene rings is 2. The summed E-state index contributed by atoms with van der Waals surface area (Å²) in [6.45, 7) is 13.0. The van der Waals surface area contributed by atoms with Gasteiger partial charge in [0.25, 0.3) is 0 Å². The third-order valence-corrected chi connectivity index (χ3v) is 7.00. The Hall–Kier alpha value is -2.69. The zero-order valence-electron chi connectivity index (χ0n) is 20.5. The molecule has 0 aliphatic carbocycles. The highest BCUT2D eigenvalue weighted by Gasteiger charge is 2.25. The van der Waals surface area contributed by atoms with Gasteiger partial charge in [-0.2, -0.15) is 0 Å². The van der Waals surface area contributed by atoms with Gasteiger partial charge in [0.1, 0.15) is 0 Å². The Labute approximate surface area is 196 Å². The van der Waals surface area contributed by atoms with Crippen LogP contribution in [-0.4, -0.2) is 45.2 Å². The second kappa shape index (κ2) is 8.27. The van der Waals surface area contributed by atoms with Gasteiger partial charge < -0.3 is 15.0 Å². The number of hydrogen-bond acceptors (Lipinski definition) is 3. The first kappa shape index (κ1) is 22.1.